The Morgan fingerprint density at radius 2 is 1.68 bits per heavy atom. The fraction of sp³-hybridized carbons (Fsp3) is 0.115. The minimum absolute atomic E-state index is 0.193. The van der Waals surface area contributed by atoms with Crippen LogP contribution in [0.15, 0.2) is 72.8 Å². The van der Waals surface area contributed by atoms with Crippen LogP contribution in [0, 0.1) is 12.7 Å². The van der Waals surface area contributed by atoms with Crippen LogP contribution in [-0.2, 0) is 4.79 Å². The third-order valence-electron chi connectivity index (χ3n) is 6.01. The molecule has 7 nitrogen and oxygen atoms in total. The van der Waals surface area contributed by atoms with E-state index in [1.807, 2.05) is 43.3 Å². The normalized spacial score (nSPS) is 14.8. The Labute approximate surface area is 194 Å². The van der Waals surface area contributed by atoms with Gasteiger partial charge in [0.05, 0.1) is 6.04 Å². The van der Waals surface area contributed by atoms with Crippen LogP contribution in [-0.4, -0.2) is 34.2 Å². The second kappa shape index (κ2) is 8.47. The second-order valence-electron chi connectivity index (χ2n) is 8.14. The summed E-state index contributed by atoms with van der Waals surface area (Å²) in [5.74, 6) is -1.87. The lowest BCUT2D eigenvalue weighted by atomic mass is 9.95. The third kappa shape index (κ3) is 3.69. The number of fused-ring (bicyclic) bond motifs is 2. The van der Waals surface area contributed by atoms with Gasteiger partial charge < -0.3 is 9.88 Å². The molecule has 0 radical (unpaired) electrons. The van der Waals surface area contributed by atoms with Gasteiger partial charge in [0.2, 0.25) is 0 Å². The summed E-state index contributed by atoms with van der Waals surface area (Å²) >= 11 is 0. The van der Waals surface area contributed by atoms with E-state index in [2.05, 4.69) is 15.8 Å². The van der Waals surface area contributed by atoms with Gasteiger partial charge in [0.15, 0.2) is 0 Å². The zero-order valence-electron chi connectivity index (χ0n) is 18.3. The Morgan fingerprint density at radius 1 is 0.971 bits per heavy atom. The average Bonchev–Trinajstić information content (AvgIpc) is 3.31. The molecule has 5 rings (SSSR count). The number of amides is 3. The van der Waals surface area contributed by atoms with E-state index in [1.165, 1.54) is 17.0 Å². The fourth-order valence-corrected chi connectivity index (χ4v) is 4.49. The Morgan fingerprint density at radius 3 is 2.47 bits per heavy atom. The van der Waals surface area contributed by atoms with Crippen LogP contribution in [0.4, 0.5) is 4.39 Å². The fourth-order valence-electron chi connectivity index (χ4n) is 4.49. The Hall–Kier alpha value is -4.46. The van der Waals surface area contributed by atoms with E-state index < -0.39 is 23.7 Å². The average molecular weight is 456 g/mol. The van der Waals surface area contributed by atoms with Gasteiger partial charge in [-0.3, -0.25) is 25.2 Å². The summed E-state index contributed by atoms with van der Waals surface area (Å²) in [7, 11) is 0. The van der Waals surface area contributed by atoms with Crippen molar-refractivity contribution in [3.05, 3.63) is 107 Å². The lowest BCUT2D eigenvalue weighted by Gasteiger charge is -2.25. The van der Waals surface area contributed by atoms with Crippen LogP contribution in [0.5, 0.6) is 0 Å². The highest BCUT2D eigenvalue weighted by Gasteiger charge is 2.40. The van der Waals surface area contributed by atoms with Gasteiger partial charge in [0.1, 0.15) is 12.4 Å². The molecule has 8 heteroatoms. The highest BCUT2D eigenvalue weighted by Crippen LogP contribution is 2.42. The minimum atomic E-state index is -0.589. The number of carbonyl (C=O) groups is 3. The van der Waals surface area contributed by atoms with E-state index in [0.717, 1.165) is 39.9 Å². The molecule has 1 atom stereocenters. The van der Waals surface area contributed by atoms with E-state index in [4.69, 9.17) is 0 Å². The van der Waals surface area contributed by atoms with Crippen molar-refractivity contribution in [1.82, 2.24) is 20.7 Å². The van der Waals surface area contributed by atoms with Gasteiger partial charge in [0.25, 0.3) is 17.7 Å². The molecule has 0 saturated carbocycles. The summed E-state index contributed by atoms with van der Waals surface area (Å²) in [5, 5.41) is 0.976. The SMILES string of the molecule is Cc1[nH]c2ccccc2c1C1c2ccccc2C(=O)N1CC(=O)NNC(=O)c1ccc(F)cc1. The van der Waals surface area contributed by atoms with Gasteiger partial charge in [0, 0.05) is 33.3 Å². The highest BCUT2D eigenvalue weighted by molar-refractivity contribution is 6.03. The van der Waals surface area contributed by atoms with E-state index in [1.54, 1.807) is 12.1 Å². The number of nitrogens with zero attached hydrogens (tertiary/aromatic N) is 1. The van der Waals surface area contributed by atoms with Gasteiger partial charge in [-0.25, -0.2) is 4.39 Å². The number of aryl methyl sites for hydroxylation is 1. The number of halogens is 1. The molecule has 1 unspecified atom stereocenters. The zero-order chi connectivity index (χ0) is 23.8. The molecule has 0 bridgehead atoms. The lowest BCUT2D eigenvalue weighted by Crippen LogP contribution is -2.47. The van der Waals surface area contributed by atoms with E-state index >= 15 is 0 Å². The van der Waals surface area contributed by atoms with Crippen LogP contribution >= 0.6 is 0 Å². The maximum Gasteiger partial charge on any atom is 0.269 e. The van der Waals surface area contributed by atoms with E-state index in [-0.39, 0.29) is 18.0 Å². The molecule has 170 valence electrons. The van der Waals surface area contributed by atoms with E-state index in [0.29, 0.717) is 5.56 Å². The predicted molar refractivity (Wildman–Crippen MR) is 124 cm³/mol. The number of carbonyl (C=O) groups excluding carboxylic acids is 3. The largest absolute Gasteiger partial charge is 0.358 e. The maximum atomic E-state index is 13.3. The molecular formula is C26H21FN4O3. The molecule has 4 aromatic rings. The van der Waals surface area contributed by atoms with Crippen molar-refractivity contribution in [2.24, 2.45) is 0 Å². The number of benzene rings is 3. The van der Waals surface area contributed by atoms with Gasteiger partial charge in [-0.15, -0.1) is 0 Å². The Bertz CT molecular complexity index is 1430. The number of hydrogen-bond acceptors (Lipinski definition) is 3. The highest BCUT2D eigenvalue weighted by atomic mass is 19.1. The lowest BCUT2D eigenvalue weighted by molar-refractivity contribution is -0.122. The number of para-hydroxylation sites is 1. The summed E-state index contributed by atoms with van der Waals surface area (Å²) in [6, 6.07) is 19.6. The first kappa shape index (κ1) is 21.4. The minimum Gasteiger partial charge on any atom is -0.358 e. The first-order valence-electron chi connectivity index (χ1n) is 10.8. The standard InChI is InChI=1S/C26H21FN4O3/c1-15-23(20-8-4-5-9-21(20)28-15)24-18-6-2-3-7-19(18)26(34)31(24)14-22(32)29-30-25(33)16-10-12-17(27)13-11-16/h2-13,24,28H,14H2,1H3,(H,29,32)(H,30,33). The van der Waals surface area contributed by atoms with Gasteiger partial charge in [-0.1, -0.05) is 36.4 Å². The molecule has 0 aliphatic carbocycles. The third-order valence-corrected chi connectivity index (χ3v) is 6.01. The number of hydrazine groups is 1. The molecule has 3 N–H and O–H groups in total. The zero-order valence-corrected chi connectivity index (χ0v) is 18.3. The number of nitrogens with one attached hydrogen (secondary N) is 3. The van der Waals surface area contributed by atoms with Crippen molar-refractivity contribution in [3.63, 3.8) is 0 Å². The molecule has 0 saturated heterocycles. The van der Waals surface area contributed by atoms with Crippen molar-refractivity contribution in [1.29, 1.82) is 0 Å². The maximum absolute atomic E-state index is 13.3. The van der Waals surface area contributed by atoms with Crippen LogP contribution in [0.2, 0.25) is 0 Å². The van der Waals surface area contributed by atoms with Crippen LogP contribution in [0.25, 0.3) is 10.9 Å². The molecule has 34 heavy (non-hydrogen) atoms. The number of rotatable bonds is 4. The van der Waals surface area contributed by atoms with Gasteiger partial charge in [-0.05, 0) is 48.9 Å². The van der Waals surface area contributed by atoms with Crippen molar-refractivity contribution < 1.29 is 18.8 Å². The molecular weight excluding hydrogens is 435 g/mol. The number of hydrogen-bond donors (Lipinski definition) is 3. The summed E-state index contributed by atoms with van der Waals surface area (Å²) < 4.78 is 13.1. The van der Waals surface area contributed by atoms with Crippen molar-refractivity contribution in [3.8, 4) is 0 Å². The molecule has 1 aromatic heterocycles. The second-order valence-corrected chi connectivity index (χ2v) is 8.14. The summed E-state index contributed by atoms with van der Waals surface area (Å²) in [5.41, 5.74) is 9.01. The summed E-state index contributed by atoms with van der Waals surface area (Å²) in [4.78, 5) is 43.2. The molecule has 3 amide bonds. The molecule has 1 aliphatic rings. The van der Waals surface area contributed by atoms with Crippen molar-refractivity contribution in [2.75, 3.05) is 6.54 Å². The Balaban J connectivity index is 1.41. The summed E-state index contributed by atoms with van der Waals surface area (Å²) in [6.07, 6.45) is 0. The quantitative estimate of drug-likeness (QED) is 0.410. The van der Waals surface area contributed by atoms with Crippen LogP contribution in [0.1, 0.15) is 43.6 Å². The van der Waals surface area contributed by atoms with E-state index in [9.17, 15) is 18.8 Å². The van der Waals surface area contributed by atoms with Gasteiger partial charge in [-0.2, -0.15) is 0 Å². The molecule has 2 heterocycles. The molecule has 0 fully saturated rings. The number of H-pyrrole nitrogens is 1. The van der Waals surface area contributed by atoms with Gasteiger partial charge >= 0.3 is 0 Å². The molecule has 0 spiro atoms. The monoisotopic (exact) mass is 456 g/mol. The first-order chi connectivity index (χ1) is 16.4. The predicted octanol–water partition coefficient (Wildman–Crippen LogP) is 3.62. The van der Waals surface area contributed by atoms with Crippen LogP contribution < -0.4 is 10.9 Å². The van der Waals surface area contributed by atoms with Crippen molar-refractivity contribution >= 4 is 28.6 Å². The summed E-state index contributed by atoms with van der Waals surface area (Å²) in [6.45, 7) is 1.68. The topological polar surface area (TPSA) is 94.3 Å². The van der Waals surface area contributed by atoms with Crippen molar-refractivity contribution in [2.45, 2.75) is 13.0 Å². The number of aromatic amines is 1. The molecule has 1 aliphatic heterocycles. The number of aromatic nitrogens is 1. The first-order valence-corrected chi connectivity index (χ1v) is 10.8. The van der Waals surface area contributed by atoms with Crippen LogP contribution in [0.3, 0.4) is 0 Å². The smallest absolute Gasteiger partial charge is 0.269 e. The Kier molecular flexibility index (Phi) is 5.33. The molecule has 3 aromatic carbocycles.